The van der Waals surface area contributed by atoms with E-state index in [1.54, 1.807) is 0 Å². The van der Waals surface area contributed by atoms with Crippen molar-refractivity contribution in [3.63, 3.8) is 0 Å². The Morgan fingerprint density at radius 1 is 1.27 bits per heavy atom. The van der Waals surface area contributed by atoms with E-state index in [-0.39, 0.29) is 0 Å². The number of aromatic nitrogens is 2. The maximum atomic E-state index is 5.51. The monoisotopic (exact) mass is 363 g/mol. The van der Waals surface area contributed by atoms with Crippen LogP contribution in [0.3, 0.4) is 0 Å². The number of halogens is 1. The van der Waals surface area contributed by atoms with Crippen LogP contribution in [-0.4, -0.2) is 29.5 Å². The van der Waals surface area contributed by atoms with Crippen LogP contribution in [-0.2, 0) is 17.6 Å². The molecule has 1 N–H and O–H groups in total. The highest BCUT2D eigenvalue weighted by Crippen LogP contribution is 2.28. The fourth-order valence-corrected chi connectivity index (χ4v) is 3.12. The Bertz CT molecular complexity index is 622. The molecule has 0 bridgehead atoms. The molecule has 2 heterocycles. The Hall–Kier alpha value is -1.33. The maximum absolute atomic E-state index is 5.51. The number of hydrogen-bond donors (Lipinski definition) is 1. The van der Waals surface area contributed by atoms with E-state index in [9.17, 15) is 0 Å². The van der Waals surface area contributed by atoms with Gasteiger partial charge in [0.1, 0.15) is 5.82 Å². The van der Waals surface area contributed by atoms with E-state index in [0.717, 1.165) is 48.6 Å². The molecule has 0 unspecified atom stereocenters. The molecule has 0 spiro atoms. The molecule has 3 rings (SSSR count). The van der Waals surface area contributed by atoms with Gasteiger partial charge in [-0.05, 0) is 50.5 Å². The molecule has 0 fully saturated rings. The molecule has 22 heavy (non-hydrogen) atoms. The minimum atomic E-state index is 0.736. The SMILES string of the molecule is CCOCCc1nn(-c2ccc(Br)cc2)c2c1CCCCN2. The zero-order chi connectivity index (χ0) is 15.4. The second kappa shape index (κ2) is 7.29. The molecule has 0 atom stereocenters. The molecule has 4 nitrogen and oxygen atoms in total. The summed E-state index contributed by atoms with van der Waals surface area (Å²) in [4.78, 5) is 0. The van der Waals surface area contributed by atoms with Crippen LogP contribution in [0.1, 0.15) is 31.0 Å². The van der Waals surface area contributed by atoms with Gasteiger partial charge in [-0.2, -0.15) is 5.10 Å². The summed E-state index contributed by atoms with van der Waals surface area (Å²) in [6.45, 7) is 4.54. The van der Waals surface area contributed by atoms with Crippen LogP contribution in [0.25, 0.3) is 5.69 Å². The van der Waals surface area contributed by atoms with Crippen molar-refractivity contribution in [1.82, 2.24) is 9.78 Å². The molecule has 1 aliphatic heterocycles. The van der Waals surface area contributed by atoms with Crippen molar-refractivity contribution in [3.8, 4) is 5.69 Å². The maximum Gasteiger partial charge on any atom is 0.133 e. The number of anilines is 1. The number of nitrogens with one attached hydrogen (secondary N) is 1. The summed E-state index contributed by atoms with van der Waals surface area (Å²) in [5.41, 5.74) is 3.62. The average Bonchev–Trinajstić information content (AvgIpc) is 2.71. The highest BCUT2D eigenvalue weighted by molar-refractivity contribution is 9.10. The molecular formula is C17H22BrN3O. The zero-order valence-corrected chi connectivity index (χ0v) is 14.5. The molecule has 5 heteroatoms. The van der Waals surface area contributed by atoms with E-state index in [1.165, 1.54) is 24.1 Å². The van der Waals surface area contributed by atoms with Crippen LogP contribution in [0.2, 0.25) is 0 Å². The second-order valence-electron chi connectivity index (χ2n) is 5.49. The minimum absolute atomic E-state index is 0.736. The second-order valence-corrected chi connectivity index (χ2v) is 6.41. The summed E-state index contributed by atoms with van der Waals surface area (Å²) in [5.74, 6) is 1.16. The van der Waals surface area contributed by atoms with Crippen LogP contribution in [0.15, 0.2) is 28.7 Å². The number of benzene rings is 1. The normalized spacial score (nSPS) is 14.3. The van der Waals surface area contributed by atoms with Crippen molar-refractivity contribution in [2.24, 2.45) is 0 Å². The van der Waals surface area contributed by atoms with Crippen molar-refractivity contribution in [3.05, 3.63) is 40.0 Å². The van der Waals surface area contributed by atoms with Gasteiger partial charge < -0.3 is 10.1 Å². The molecule has 0 aliphatic carbocycles. The number of fused-ring (bicyclic) bond motifs is 1. The lowest BCUT2D eigenvalue weighted by molar-refractivity contribution is 0.150. The summed E-state index contributed by atoms with van der Waals surface area (Å²) in [5, 5.41) is 8.43. The van der Waals surface area contributed by atoms with E-state index in [2.05, 4.69) is 45.5 Å². The van der Waals surface area contributed by atoms with E-state index >= 15 is 0 Å². The molecule has 1 aromatic heterocycles. The number of rotatable bonds is 5. The first kappa shape index (κ1) is 15.6. The highest BCUT2D eigenvalue weighted by Gasteiger charge is 2.20. The summed E-state index contributed by atoms with van der Waals surface area (Å²) >= 11 is 3.49. The molecule has 0 saturated carbocycles. The molecular weight excluding hydrogens is 342 g/mol. The van der Waals surface area contributed by atoms with E-state index < -0.39 is 0 Å². The van der Waals surface area contributed by atoms with Crippen molar-refractivity contribution in [1.29, 1.82) is 0 Å². The summed E-state index contributed by atoms with van der Waals surface area (Å²) in [7, 11) is 0. The van der Waals surface area contributed by atoms with E-state index in [4.69, 9.17) is 9.84 Å². The lowest BCUT2D eigenvalue weighted by Crippen LogP contribution is -2.07. The Morgan fingerprint density at radius 3 is 2.86 bits per heavy atom. The largest absolute Gasteiger partial charge is 0.381 e. The van der Waals surface area contributed by atoms with Gasteiger partial charge in [0.2, 0.25) is 0 Å². The number of ether oxygens (including phenoxy) is 1. The van der Waals surface area contributed by atoms with Crippen LogP contribution in [0.5, 0.6) is 0 Å². The topological polar surface area (TPSA) is 39.1 Å². The quantitative estimate of drug-likeness (QED) is 0.817. The summed E-state index contributed by atoms with van der Waals surface area (Å²) in [6, 6.07) is 8.30. The van der Waals surface area contributed by atoms with Crippen LogP contribution in [0.4, 0.5) is 5.82 Å². The zero-order valence-electron chi connectivity index (χ0n) is 12.9. The highest BCUT2D eigenvalue weighted by atomic mass is 79.9. The van der Waals surface area contributed by atoms with Crippen molar-refractivity contribution in [2.45, 2.75) is 32.6 Å². The molecule has 0 radical (unpaired) electrons. The average molecular weight is 364 g/mol. The standard InChI is InChI=1S/C17H22BrN3O/c1-2-22-12-10-16-15-5-3-4-11-19-17(15)21(20-16)14-8-6-13(18)7-9-14/h6-9,19H,2-5,10-12H2,1H3. The first-order valence-electron chi connectivity index (χ1n) is 7.98. The first-order valence-corrected chi connectivity index (χ1v) is 8.77. The van der Waals surface area contributed by atoms with Gasteiger partial charge in [0.05, 0.1) is 18.0 Å². The Morgan fingerprint density at radius 2 is 2.09 bits per heavy atom. The third-order valence-electron chi connectivity index (χ3n) is 3.97. The fraction of sp³-hybridized carbons (Fsp3) is 0.471. The minimum Gasteiger partial charge on any atom is -0.381 e. The fourth-order valence-electron chi connectivity index (χ4n) is 2.86. The number of nitrogens with zero attached hydrogens (tertiary/aromatic N) is 2. The smallest absolute Gasteiger partial charge is 0.133 e. The Kier molecular flexibility index (Phi) is 5.16. The lowest BCUT2D eigenvalue weighted by Gasteiger charge is -2.09. The van der Waals surface area contributed by atoms with Crippen LogP contribution < -0.4 is 5.32 Å². The Labute approximate surface area is 140 Å². The van der Waals surface area contributed by atoms with Gasteiger partial charge in [-0.15, -0.1) is 0 Å². The van der Waals surface area contributed by atoms with E-state index in [0.29, 0.717) is 0 Å². The Balaban J connectivity index is 1.96. The molecule has 1 aromatic carbocycles. The summed E-state index contributed by atoms with van der Waals surface area (Å²) in [6.07, 6.45) is 4.40. The first-order chi connectivity index (χ1) is 10.8. The molecule has 0 saturated heterocycles. The van der Waals surface area contributed by atoms with Gasteiger partial charge in [0.25, 0.3) is 0 Å². The van der Waals surface area contributed by atoms with Crippen molar-refractivity contribution in [2.75, 3.05) is 25.1 Å². The molecule has 118 valence electrons. The van der Waals surface area contributed by atoms with Gasteiger partial charge in [0.15, 0.2) is 0 Å². The van der Waals surface area contributed by atoms with E-state index in [1.807, 2.05) is 11.6 Å². The van der Waals surface area contributed by atoms with Crippen molar-refractivity contribution < 1.29 is 4.74 Å². The third kappa shape index (κ3) is 3.36. The molecule has 2 aromatic rings. The van der Waals surface area contributed by atoms with Crippen LogP contribution in [0, 0.1) is 0 Å². The lowest BCUT2D eigenvalue weighted by atomic mass is 10.1. The van der Waals surface area contributed by atoms with Gasteiger partial charge in [-0.1, -0.05) is 15.9 Å². The number of hydrogen-bond acceptors (Lipinski definition) is 3. The van der Waals surface area contributed by atoms with Gasteiger partial charge in [-0.25, -0.2) is 4.68 Å². The van der Waals surface area contributed by atoms with Gasteiger partial charge in [0, 0.05) is 29.6 Å². The van der Waals surface area contributed by atoms with Gasteiger partial charge in [-0.3, -0.25) is 0 Å². The summed E-state index contributed by atoms with van der Waals surface area (Å²) < 4.78 is 8.65. The molecule has 0 amide bonds. The predicted molar refractivity (Wildman–Crippen MR) is 92.9 cm³/mol. The van der Waals surface area contributed by atoms with Crippen molar-refractivity contribution >= 4 is 21.7 Å². The third-order valence-corrected chi connectivity index (χ3v) is 4.50. The van der Waals surface area contributed by atoms with Gasteiger partial charge >= 0.3 is 0 Å². The molecule has 1 aliphatic rings. The predicted octanol–water partition coefficient (Wildman–Crippen LogP) is 3.96. The van der Waals surface area contributed by atoms with Crippen LogP contribution >= 0.6 is 15.9 Å².